The largest absolute Gasteiger partial charge is 0.480 e. The van der Waals surface area contributed by atoms with Crippen LogP contribution < -0.4 is 10.9 Å². The molecule has 1 amide bonds. The number of carboxylic acids is 1. The first kappa shape index (κ1) is 29.0. The van der Waals surface area contributed by atoms with Gasteiger partial charge in [0.2, 0.25) is 5.91 Å². The van der Waals surface area contributed by atoms with Crippen molar-refractivity contribution < 1.29 is 14.7 Å². The summed E-state index contributed by atoms with van der Waals surface area (Å²) in [5.41, 5.74) is 4.98. The maximum Gasteiger partial charge on any atom is 0.325 e. The number of pyridine rings is 1. The van der Waals surface area contributed by atoms with Gasteiger partial charge < -0.3 is 10.4 Å². The average molecular weight is 613 g/mol. The van der Waals surface area contributed by atoms with Gasteiger partial charge in [-0.05, 0) is 42.7 Å². The predicted molar refractivity (Wildman–Crippen MR) is 164 cm³/mol. The number of nitrogens with one attached hydrogen (secondary N) is 1. The van der Waals surface area contributed by atoms with Crippen LogP contribution in [0.15, 0.2) is 72.3 Å². The zero-order valence-corrected chi connectivity index (χ0v) is 24.8. The van der Waals surface area contributed by atoms with E-state index in [-0.39, 0.29) is 23.9 Å². The lowest BCUT2D eigenvalue weighted by Crippen LogP contribution is -2.27. The Hall–Kier alpha value is -5.10. The van der Waals surface area contributed by atoms with Gasteiger partial charge in [0.1, 0.15) is 6.54 Å². The van der Waals surface area contributed by atoms with E-state index in [0.29, 0.717) is 58.1 Å². The van der Waals surface area contributed by atoms with Crippen LogP contribution in [0.25, 0.3) is 33.6 Å². The molecule has 224 valence electrons. The van der Waals surface area contributed by atoms with E-state index >= 15 is 0 Å². The summed E-state index contributed by atoms with van der Waals surface area (Å²) in [5, 5.41) is 21.1. The standard InChI is InChI=1S/C31H29ClN8O4/c1-18-4-3-5-27(25-10-19(8-9-33-25)30-26(37-31(18)44)14-35-38(30)2)40-17-34-24(12-28(40)41)23-11-21(32)6-7-22(23)20-13-36-39(15-20)16-29(42)43/h6-15,17-18,27H,3-5,16H2,1-2H3,(H,37,44)(H,42,43). The molecular formula is C31H29ClN8O4. The fourth-order valence-electron chi connectivity index (χ4n) is 5.58. The van der Waals surface area contributed by atoms with E-state index in [1.165, 1.54) is 17.1 Å². The second-order valence-corrected chi connectivity index (χ2v) is 11.3. The molecule has 2 atom stereocenters. The first-order chi connectivity index (χ1) is 21.2. The maximum absolute atomic E-state index is 13.8. The number of aliphatic carboxylic acids is 1. The van der Waals surface area contributed by atoms with Crippen molar-refractivity contribution in [1.29, 1.82) is 0 Å². The van der Waals surface area contributed by atoms with Gasteiger partial charge >= 0.3 is 5.97 Å². The minimum absolute atomic E-state index is 0.0836. The zero-order chi connectivity index (χ0) is 31.0. The minimum atomic E-state index is -1.01. The fourth-order valence-corrected chi connectivity index (χ4v) is 5.75. The van der Waals surface area contributed by atoms with E-state index in [1.54, 1.807) is 52.2 Å². The van der Waals surface area contributed by atoms with Crippen LogP contribution in [-0.4, -0.2) is 51.1 Å². The molecule has 0 saturated carbocycles. The number of amides is 1. The highest BCUT2D eigenvalue weighted by molar-refractivity contribution is 6.31. The molecule has 4 aromatic heterocycles. The summed E-state index contributed by atoms with van der Waals surface area (Å²) in [6.07, 6.45) is 9.91. The van der Waals surface area contributed by atoms with E-state index < -0.39 is 12.0 Å². The fraction of sp³-hybridized carbons (Fsp3) is 0.258. The molecule has 2 unspecified atom stereocenters. The highest BCUT2D eigenvalue weighted by Gasteiger charge is 2.24. The number of carbonyl (C=O) groups is 2. The number of benzene rings is 1. The van der Waals surface area contributed by atoms with Gasteiger partial charge in [0.05, 0.1) is 47.5 Å². The second-order valence-electron chi connectivity index (χ2n) is 10.9. The van der Waals surface area contributed by atoms with Gasteiger partial charge in [0.25, 0.3) is 5.56 Å². The molecular weight excluding hydrogens is 584 g/mol. The van der Waals surface area contributed by atoms with Crippen molar-refractivity contribution in [3.8, 4) is 33.6 Å². The number of fused-ring (bicyclic) bond motifs is 4. The number of halogens is 1. The van der Waals surface area contributed by atoms with Crippen LogP contribution >= 0.6 is 11.6 Å². The molecule has 2 N–H and O–H groups in total. The molecule has 0 aliphatic carbocycles. The van der Waals surface area contributed by atoms with Crippen molar-refractivity contribution in [2.45, 2.75) is 38.8 Å². The van der Waals surface area contributed by atoms with Crippen LogP contribution in [0, 0.1) is 5.92 Å². The summed E-state index contributed by atoms with van der Waals surface area (Å²) < 4.78 is 4.60. The number of carbonyl (C=O) groups excluding carboxylic acids is 1. The van der Waals surface area contributed by atoms with Crippen LogP contribution in [0.2, 0.25) is 5.02 Å². The van der Waals surface area contributed by atoms with E-state index in [0.717, 1.165) is 11.3 Å². The second kappa shape index (κ2) is 11.9. The number of hydrogen-bond acceptors (Lipinski definition) is 7. The molecule has 12 nitrogen and oxygen atoms in total. The van der Waals surface area contributed by atoms with Crippen molar-refractivity contribution in [3.05, 3.63) is 88.6 Å². The number of anilines is 1. The highest BCUT2D eigenvalue weighted by Crippen LogP contribution is 2.34. The molecule has 0 saturated heterocycles. The molecule has 6 rings (SSSR count). The van der Waals surface area contributed by atoms with Gasteiger partial charge in [-0.15, -0.1) is 0 Å². The molecule has 1 aromatic carbocycles. The number of hydrogen-bond donors (Lipinski definition) is 2. The summed E-state index contributed by atoms with van der Waals surface area (Å²) in [6, 6.07) is 10.0. The van der Waals surface area contributed by atoms with Crippen LogP contribution in [0.1, 0.15) is 37.9 Å². The van der Waals surface area contributed by atoms with E-state index in [4.69, 9.17) is 16.7 Å². The Morgan fingerprint density at radius 2 is 1.89 bits per heavy atom. The molecule has 1 aliphatic heterocycles. The quantitative estimate of drug-likeness (QED) is 0.291. The Kier molecular flexibility index (Phi) is 7.83. The molecule has 5 heterocycles. The number of nitrogens with zero attached hydrogens (tertiary/aromatic N) is 7. The van der Waals surface area contributed by atoms with Crippen LogP contribution in [0.4, 0.5) is 5.69 Å². The molecule has 0 radical (unpaired) electrons. The topological polar surface area (TPSA) is 150 Å². The zero-order valence-electron chi connectivity index (χ0n) is 24.0. The summed E-state index contributed by atoms with van der Waals surface area (Å²) in [5.74, 6) is -1.33. The minimum Gasteiger partial charge on any atom is -0.480 e. The van der Waals surface area contributed by atoms with Gasteiger partial charge in [-0.2, -0.15) is 10.2 Å². The SMILES string of the molecule is CC1CCCC(n2cnc(-c3cc(Cl)ccc3-c3cnn(CC(=O)O)c3)cc2=O)c2cc(ccn2)-c2c(cnn2C)NC1=O. The average Bonchev–Trinajstić information content (AvgIpc) is 3.60. The molecule has 0 spiro atoms. The van der Waals surface area contributed by atoms with Crippen molar-refractivity contribution in [2.75, 3.05) is 5.32 Å². The Morgan fingerprint density at radius 1 is 1.05 bits per heavy atom. The molecule has 2 bridgehead atoms. The van der Waals surface area contributed by atoms with Gasteiger partial charge in [0.15, 0.2) is 0 Å². The van der Waals surface area contributed by atoms with Crippen molar-refractivity contribution in [1.82, 2.24) is 34.1 Å². The normalized spacial score (nSPS) is 16.8. The van der Waals surface area contributed by atoms with Gasteiger partial charge in [0, 0.05) is 53.1 Å². The Morgan fingerprint density at radius 3 is 2.68 bits per heavy atom. The van der Waals surface area contributed by atoms with Crippen molar-refractivity contribution in [3.63, 3.8) is 0 Å². The number of aryl methyl sites for hydroxylation is 1. The van der Waals surface area contributed by atoms with E-state index in [9.17, 15) is 14.4 Å². The van der Waals surface area contributed by atoms with Gasteiger partial charge in [-0.25, -0.2) is 4.98 Å². The number of carboxylic acid groups (broad SMARTS) is 1. The van der Waals surface area contributed by atoms with Crippen LogP contribution in [-0.2, 0) is 23.2 Å². The first-order valence-electron chi connectivity index (χ1n) is 14.1. The predicted octanol–water partition coefficient (Wildman–Crippen LogP) is 4.66. The summed E-state index contributed by atoms with van der Waals surface area (Å²) in [4.78, 5) is 47.2. The third-order valence-electron chi connectivity index (χ3n) is 7.83. The van der Waals surface area contributed by atoms with E-state index in [1.807, 2.05) is 26.1 Å². The maximum atomic E-state index is 13.8. The lowest BCUT2D eigenvalue weighted by molar-refractivity contribution is -0.137. The molecule has 44 heavy (non-hydrogen) atoms. The third-order valence-corrected chi connectivity index (χ3v) is 8.06. The lowest BCUT2D eigenvalue weighted by atomic mass is 9.96. The van der Waals surface area contributed by atoms with Crippen molar-refractivity contribution >= 4 is 29.2 Å². The van der Waals surface area contributed by atoms with Gasteiger partial charge in [-0.1, -0.05) is 31.0 Å². The Bertz CT molecular complexity index is 1940. The third kappa shape index (κ3) is 5.76. The number of aromatic nitrogens is 7. The number of rotatable bonds is 5. The van der Waals surface area contributed by atoms with Crippen LogP contribution in [0.3, 0.4) is 0 Å². The summed E-state index contributed by atoms with van der Waals surface area (Å²) in [7, 11) is 1.81. The Balaban J connectivity index is 1.41. The first-order valence-corrected chi connectivity index (χ1v) is 14.5. The smallest absolute Gasteiger partial charge is 0.325 e. The summed E-state index contributed by atoms with van der Waals surface area (Å²) >= 11 is 6.35. The highest BCUT2D eigenvalue weighted by atomic mass is 35.5. The summed E-state index contributed by atoms with van der Waals surface area (Å²) in [6.45, 7) is 1.61. The van der Waals surface area contributed by atoms with Crippen molar-refractivity contribution in [2.24, 2.45) is 13.0 Å². The Labute approximate surface area is 257 Å². The lowest BCUT2D eigenvalue weighted by Gasteiger charge is -2.22. The van der Waals surface area contributed by atoms with E-state index in [2.05, 4.69) is 25.5 Å². The molecule has 1 aliphatic rings. The molecule has 0 fully saturated rings. The molecule has 13 heteroatoms. The molecule has 5 aromatic rings. The van der Waals surface area contributed by atoms with Gasteiger partial charge in [-0.3, -0.25) is 33.3 Å². The monoisotopic (exact) mass is 612 g/mol. The van der Waals surface area contributed by atoms with Crippen LogP contribution in [0.5, 0.6) is 0 Å².